The van der Waals surface area contributed by atoms with Gasteiger partial charge in [0.25, 0.3) is 5.91 Å². The van der Waals surface area contributed by atoms with Crippen molar-refractivity contribution in [3.8, 4) is 0 Å². The van der Waals surface area contributed by atoms with Crippen molar-refractivity contribution in [2.24, 2.45) is 0 Å². The number of carbonyl (C=O) groups excluding carboxylic acids is 1. The number of hydrogen-bond acceptors (Lipinski definition) is 4. The first-order valence-electron chi connectivity index (χ1n) is 10.7. The van der Waals surface area contributed by atoms with Crippen LogP contribution in [0.5, 0.6) is 0 Å². The van der Waals surface area contributed by atoms with Gasteiger partial charge in [-0.25, -0.2) is 0 Å². The van der Waals surface area contributed by atoms with Crippen LogP contribution in [0.1, 0.15) is 65.9 Å². The smallest absolute Gasteiger partial charge is 0.252 e. The topological polar surface area (TPSA) is 58.4 Å². The number of carbonyl (C=O) groups is 1. The Bertz CT molecular complexity index is 989. The molecule has 1 saturated heterocycles. The minimum atomic E-state index is -0.0286. The molecule has 3 heterocycles. The van der Waals surface area contributed by atoms with E-state index in [0.717, 1.165) is 41.0 Å². The Balaban J connectivity index is 1.39. The van der Waals surface area contributed by atoms with Crippen LogP contribution in [0, 0.1) is 0 Å². The zero-order chi connectivity index (χ0) is 19.6. The summed E-state index contributed by atoms with van der Waals surface area (Å²) in [5.41, 5.74) is 2.68. The number of aromatic nitrogens is 1. The maximum Gasteiger partial charge on any atom is 0.252 e. The highest BCUT2D eigenvalue weighted by atomic mass is 16.3. The molecule has 1 unspecified atom stereocenters. The van der Waals surface area contributed by atoms with E-state index in [1.807, 2.05) is 42.5 Å². The number of nitrogens with zero attached hydrogens (tertiary/aromatic N) is 2. The van der Waals surface area contributed by atoms with Gasteiger partial charge >= 0.3 is 0 Å². The van der Waals surface area contributed by atoms with E-state index >= 15 is 0 Å². The molecule has 1 N–H and O–H groups in total. The van der Waals surface area contributed by atoms with Gasteiger partial charge < -0.3 is 9.73 Å². The number of fused-ring (bicyclic) bond motifs is 1. The summed E-state index contributed by atoms with van der Waals surface area (Å²) in [4.78, 5) is 20.4. The van der Waals surface area contributed by atoms with Gasteiger partial charge in [0.2, 0.25) is 0 Å². The van der Waals surface area contributed by atoms with Crippen molar-refractivity contribution in [3.63, 3.8) is 0 Å². The number of para-hydroxylation sites is 1. The molecule has 150 valence electrons. The van der Waals surface area contributed by atoms with Crippen LogP contribution in [0.25, 0.3) is 10.9 Å². The number of piperidine rings is 1. The minimum absolute atomic E-state index is 0.0286. The molecule has 1 amide bonds. The minimum Gasteiger partial charge on any atom is -0.468 e. The third-order valence-electron chi connectivity index (χ3n) is 6.14. The number of furan rings is 1. The first-order valence-corrected chi connectivity index (χ1v) is 10.7. The predicted molar refractivity (Wildman–Crippen MR) is 113 cm³/mol. The first-order chi connectivity index (χ1) is 14.3. The fourth-order valence-electron chi connectivity index (χ4n) is 4.38. The summed E-state index contributed by atoms with van der Waals surface area (Å²) in [6.45, 7) is 2.64. The Labute approximate surface area is 171 Å². The maximum atomic E-state index is 13.2. The van der Waals surface area contributed by atoms with E-state index in [4.69, 9.17) is 9.40 Å². The molecule has 5 rings (SSSR count). The lowest BCUT2D eigenvalue weighted by atomic mass is 10.0. The summed E-state index contributed by atoms with van der Waals surface area (Å²) in [5, 5.41) is 4.11. The van der Waals surface area contributed by atoms with Gasteiger partial charge in [0.15, 0.2) is 0 Å². The molecule has 1 saturated carbocycles. The van der Waals surface area contributed by atoms with Gasteiger partial charge in [0, 0.05) is 23.5 Å². The van der Waals surface area contributed by atoms with Crippen molar-refractivity contribution >= 4 is 16.8 Å². The van der Waals surface area contributed by atoms with Gasteiger partial charge in [-0.1, -0.05) is 24.6 Å². The highest BCUT2D eigenvalue weighted by molar-refractivity contribution is 6.06. The summed E-state index contributed by atoms with van der Waals surface area (Å²) in [6.07, 6.45) is 7.73. The molecule has 0 radical (unpaired) electrons. The molecule has 2 aliphatic rings. The molecule has 1 aromatic carbocycles. The summed E-state index contributed by atoms with van der Waals surface area (Å²) in [7, 11) is 0. The van der Waals surface area contributed by atoms with Gasteiger partial charge in [0.1, 0.15) is 5.76 Å². The van der Waals surface area contributed by atoms with Crippen LogP contribution in [0.4, 0.5) is 0 Å². The van der Waals surface area contributed by atoms with Gasteiger partial charge in [0.05, 0.1) is 23.4 Å². The van der Waals surface area contributed by atoms with Gasteiger partial charge in [-0.15, -0.1) is 0 Å². The number of rotatable bonds is 6. The van der Waals surface area contributed by atoms with Crippen molar-refractivity contribution < 1.29 is 9.21 Å². The van der Waals surface area contributed by atoms with Gasteiger partial charge in [-0.3, -0.25) is 14.7 Å². The SMILES string of the molecule is O=C(NCC(c1ccco1)N1CCCCC1)c1cc(C2CC2)nc2ccccc12. The Morgan fingerprint density at radius 1 is 1.14 bits per heavy atom. The number of nitrogens with one attached hydrogen (secondary N) is 1. The Kier molecular flexibility index (Phi) is 5.06. The number of hydrogen-bond donors (Lipinski definition) is 1. The summed E-state index contributed by atoms with van der Waals surface area (Å²) in [5.74, 6) is 1.40. The Morgan fingerprint density at radius 2 is 1.97 bits per heavy atom. The van der Waals surface area contributed by atoms with Crippen molar-refractivity contribution in [2.75, 3.05) is 19.6 Å². The van der Waals surface area contributed by atoms with Crippen LogP contribution in [0.3, 0.4) is 0 Å². The van der Waals surface area contributed by atoms with Crippen molar-refractivity contribution in [3.05, 3.63) is 65.7 Å². The second kappa shape index (κ2) is 7.99. The fourth-order valence-corrected chi connectivity index (χ4v) is 4.38. The standard InChI is InChI=1S/C24H27N3O2/c28-24(19-15-21(17-10-11-17)26-20-8-3-2-7-18(19)20)25-16-22(23-9-6-14-29-23)27-12-4-1-5-13-27/h2-3,6-9,14-15,17,22H,1,4-5,10-13,16H2,(H,25,28). The lowest BCUT2D eigenvalue weighted by molar-refractivity contribution is 0.0915. The van der Waals surface area contributed by atoms with Crippen LogP contribution >= 0.6 is 0 Å². The van der Waals surface area contributed by atoms with Crippen LogP contribution < -0.4 is 5.32 Å². The van der Waals surface area contributed by atoms with E-state index in [2.05, 4.69) is 10.2 Å². The molecule has 3 aromatic rings. The van der Waals surface area contributed by atoms with E-state index in [9.17, 15) is 4.79 Å². The zero-order valence-corrected chi connectivity index (χ0v) is 16.6. The Hall–Kier alpha value is -2.66. The molecule has 1 atom stereocenters. The molecule has 1 aliphatic carbocycles. The molecule has 5 heteroatoms. The summed E-state index contributed by atoms with van der Waals surface area (Å²) >= 11 is 0. The van der Waals surface area contributed by atoms with Crippen molar-refractivity contribution in [1.82, 2.24) is 15.2 Å². The molecular formula is C24H27N3O2. The normalized spacial score (nSPS) is 18.6. The van der Waals surface area contributed by atoms with Crippen molar-refractivity contribution in [2.45, 2.75) is 44.1 Å². The Morgan fingerprint density at radius 3 is 2.72 bits per heavy atom. The quantitative estimate of drug-likeness (QED) is 0.666. The average Bonchev–Trinajstić information content (AvgIpc) is 3.49. The van der Waals surface area contributed by atoms with Gasteiger partial charge in [-0.05, 0) is 63.0 Å². The highest BCUT2D eigenvalue weighted by Gasteiger charge is 2.28. The fraction of sp³-hybridized carbons (Fsp3) is 0.417. The maximum absolute atomic E-state index is 13.2. The van der Waals surface area contributed by atoms with E-state index in [1.54, 1.807) is 6.26 Å². The molecule has 0 bridgehead atoms. The van der Waals surface area contributed by atoms with Crippen LogP contribution in [0.15, 0.2) is 53.1 Å². The van der Waals surface area contributed by atoms with Gasteiger partial charge in [-0.2, -0.15) is 0 Å². The third kappa shape index (κ3) is 3.92. The number of likely N-dealkylation sites (tertiary alicyclic amines) is 1. The molecule has 2 fully saturated rings. The van der Waals surface area contributed by atoms with Crippen LogP contribution in [-0.4, -0.2) is 35.4 Å². The van der Waals surface area contributed by atoms with Crippen molar-refractivity contribution in [1.29, 1.82) is 0 Å². The second-order valence-corrected chi connectivity index (χ2v) is 8.22. The third-order valence-corrected chi connectivity index (χ3v) is 6.14. The van der Waals surface area contributed by atoms with E-state index < -0.39 is 0 Å². The summed E-state index contributed by atoms with van der Waals surface area (Å²) < 4.78 is 5.71. The molecule has 5 nitrogen and oxygen atoms in total. The van der Waals surface area contributed by atoms with E-state index in [-0.39, 0.29) is 11.9 Å². The molecule has 1 aliphatic heterocycles. The average molecular weight is 389 g/mol. The zero-order valence-electron chi connectivity index (χ0n) is 16.6. The number of benzene rings is 1. The molecule has 2 aromatic heterocycles. The monoisotopic (exact) mass is 389 g/mol. The number of pyridine rings is 1. The highest BCUT2D eigenvalue weighted by Crippen LogP contribution is 2.40. The molecular weight excluding hydrogens is 362 g/mol. The second-order valence-electron chi connectivity index (χ2n) is 8.22. The largest absolute Gasteiger partial charge is 0.468 e. The predicted octanol–water partition coefficient (Wildman–Crippen LogP) is 4.66. The van der Waals surface area contributed by atoms with Crippen LogP contribution in [0.2, 0.25) is 0 Å². The van der Waals surface area contributed by atoms with Crippen LogP contribution in [-0.2, 0) is 0 Å². The number of amides is 1. The molecule has 0 spiro atoms. The summed E-state index contributed by atoms with van der Waals surface area (Å²) in [6, 6.07) is 13.9. The lowest BCUT2D eigenvalue weighted by Gasteiger charge is -2.33. The molecule has 29 heavy (non-hydrogen) atoms. The van der Waals surface area contributed by atoms with E-state index in [0.29, 0.717) is 12.5 Å². The lowest BCUT2D eigenvalue weighted by Crippen LogP contribution is -2.40. The first kappa shape index (κ1) is 18.4. The van der Waals surface area contributed by atoms with E-state index in [1.165, 1.54) is 32.1 Å².